The third kappa shape index (κ3) is 4.26. The molecule has 0 amide bonds. The maximum Gasteiger partial charge on any atom is 0.345 e. The summed E-state index contributed by atoms with van der Waals surface area (Å²) >= 11 is 5.77. The molecule has 0 aromatic carbocycles. The van der Waals surface area contributed by atoms with E-state index in [1.54, 1.807) is 13.8 Å². The van der Waals surface area contributed by atoms with E-state index in [-0.39, 0.29) is 29.5 Å². The molecule has 0 aliphatic rings. The first kappa shape index (κ1) is 17.1. The Labute approximate surface area is 126 Å². The standard InChI is InChI=1S/C14H15ClFNO4/c1-4-20-13(18)9(14(19)21-5-2)6-11-8(3)12(15)10(16)7-17-11/h6-7H,4-5H2,1-3H3. The number of nitrogens with zero attached hydrogens (tertiary/aromatic N) is 1. The van der Waals surface area contributed by atoms with Gasteiger partial charge >= 0.3 is 11.9 Å². The zero-order chi connectivity index (χ0) is 16.0. The Morgan fingerprint density at radius 3 is 2.29 bits per heavy atom. The van der Waals surface area contributed by atoms with Crippen molar-refractivity contribution in [1.29, 1.82) is 0 Å². The highest BCUT2D eigenvalue weighted by Crippen LogP contribution is 2.22. The van der Waals surface area contributed by atoms with Crippen LogP contribution < -0.4 is 0 Å². The molecule has 1 aromatic heterocycles. The van der Waals surface area contributed by atoms with Crippen molar-refractivity contribution in [1.82, 2.24) is 4.98 Å². The van der Waals surface area contributed by atoms with Crippen LogP contribution in [-0.2, 0) is 19.1 Å². The molecule has 1 rings (SSSR count). The lowest BCUT2D eigenvalue weighted by molar-refractivity contribution is -0.146. The molecule has 7 heteroatoms. The number of aromatic nitrogens is 1. The molecular formula is C14H15ClFNO4. The van der Waals surface area contributed by atoms with Gasteiger partial charge in [0.15, 0.2) is 5.82 Å². The van der Waals surface area contributed by atoms with E-state index >= 15 is 0 Å². The first-order valence-electron chi connectivity index (χ1n) is 6.28. The summed E-state index contributed by atoms with van der Waals surface area (Å²) in [4.78, 5) is 27.4. The summed E-state index contributed by atoms with van der Waals surface area (Å²) in [7, 11) is 0. The SMILES string of the molecule is CCOC(=O)C(=Cc1ncc(F)c(Cl)c1C)C(=O)OCC. The lowest BCUT2D eigenvalue weighted by atomic mass is 10.1. The molecule has 0 saturated carbocycles. The van der Waals surface area contributed by atoms with E-state index in [1.165, 1.54) is 13.0 Å². The Balaban J connectivity index is 3.28. The second kappa shape index (κ2) is 7.73. The molecule has 0 aliphatic carbocycles. The molecule has 0 bridgehead atoms. The Bertz CT molecular complexity index is 567. The van der Waals surface area contributed by atoms with E-state index in [1.807, 2.05) is 0 Å². The third-order valence-electron chi connectivity index (χ3n) is 2.51. The van der Waals surface area contributed by atoms with E-state index in [4.69, 9.17) is 21.1 Å². The van der Waals surface area contributed by atoms with E-state index in [0.29, 0.717) is 5.56 Å². The van der Waals surface area contributed by atoms with Gasteiger partial charge in [0, 0.05) is 0 Å². The topological polar surface area (TPSA) is 65.5 Å². The van der Waals surface area contributed by atoms with Crippen molar-refractivity contribution in [3.05, 3.63) is 33.9 Å². The second-order valence-electron chi connectivity index (χ2n) is 3.93. The average Bonchev–Trinajstić information content (AvgIpc) is 2.44. The van der Waals surface area contributed by atoms with Crippen LogP contribution in [0.2, 0.25) is 5.02 Å². The molecule has 5 nitrogen and oxygen atoms in total. The Morgan fingerprint density at radius 1 is 1.29 bits per heavy atom. The van der Waals surface area contributed by atoms with Crippen LogP contribution in [0.4, 0.5) is 4.39 Å². The third-order valence-corrected chi connectivity index (χ3v) is 2.98. The van der Waals surface area contributed by atoms with Crippen LogP contribution >= 0.6 is 11.6 Å². The normalized spacial score (nSPS) is 9.95. The number of hydrogen-bond acceptors (Lipinski definition) is 5. The quantitative estimate of drug-likeness (QED) is 0.362. The lowest BCUT2D eigenvalue weighted by Crippen LogP contribution is -2.18. The number of ether oxygens (including phenoxy) is 2. The van der Waals surface area contributed by atoms with Crippen molar-refractivity contribution < 1.29 is 23.5 Å². The molecule has 1 aromatic rings. The molecule has 1 heterocycles. The highest BCUT2D eigenvalue weighted by Gasteiger charge is 2.22. The largest absolute Gasteiger partial charge is 0.462 e. The van der Waals surface area contributed by atoms with Gasteiger partial charge in [-0.3, -0.25) is 4.98 Å². The minimum absolute atomic E-state index is 0.103. The van der Waals surface area contributed by atoms with Gasteiger partial charge in [0.1, 0.15) is 5.57 Å². The number of rotatable bonds is 5. The van der Waals surface area contributed by atoms with E-state index in [0.717, 1.165) is 6.20 Å². The van der Waals surface area contributed by atoms with Crippen molar-refractivity contribution in [2.24, 2.45) is 0 Å². The number of pyridine rings is 1. The smallest absolute Gasteiger partial charge is 0.345 e. The minimum atomic E-state index is -0.836. The van der Waals surface area contributed by atoms with Crippen LogP contribution in [-0.4, -0.2) is 30.1 Å². The zero-order valence-electron chi connectivity index (χ0n) is 11.9. The number of esters is 2. The van der Waals surface area contributed by atoms with Gasteiger partial charge in [0.2, 0.25) is 0 Å². The Morgan fingerprint density at radius 2 is 1.81 bits per heavy atom. The Kier molecular flexibility index (Phi) is 6.30. The van der Waals surface area contributed by atoms with Crippen LogP contribution in [0.5, 0.6) is 0 Å². The Hall–Kier alpha value is -1.95. The van der Waals surface area contributed by atoms with Crippen molar-refractivity contribution in [2.75, 3.05) is 13.2 Å². The molecule has 0 saturated heterocycles. The number of carbonyl (C=O) groups is 2. The first-order chi connectivity index (χ1) is 9.92. The van der Waals surface area contributed by atoms with Gasteiger partial charge < -0.3 is 9.47 Å². The summed E-state index contributed by atoms with van der Waals surface area (Å²) in [5.41, 5.74) is 0.178. The highest BCUT2D eigenvalue weighted by molar-refractivity contribution is 6.31. The lowest BCUT2D eigenvalue weighted by Gasteiger charge is -2.08. The van der Waals surface area contributed by atoms with Crippen LogP contribution in [0.25, 0.3) is 6.08 Å². The van der Waals surface area contributed by atoms with Gasteiger partial charge in [-0.1, -0.05) is 11.6 Å². The van der Waals surface area contributed by atoms with Gasteiger partial charge in [-0.25, -0.2) is 14.0 Å². The number of hydrogen-bond donors (Lipinski definition) is 0. The highest BCUT2D eigenvalue weighted by atomic mass is 35.5. The predicted molar refractivity (Wildman–Crippen MR) is 75.2 cm³/mol. The number of halogens is 2. The first-order valence-corrected chi connectivity index (χ1v) is 6.66. The van der Waals surface area contributed by atoms with Crippen molar-refractivity contribution >= 4 is 29.6 Å². The second-order valence-corrected chi connectivity index (χ2v) is 4.31. The van der Waals surface area contributed by atoms with Crippen molar-refractivity contribution in [2.45, 2.75) is 20.8 Å². The zero-order valence-corrected chi connectivity index (χ0v) is 12.7. The maximum atomic E-state index is 13.3. The summed E-state index contributed by atoms with van der Waals surface area (Å²) in [5, 5.41) is -0.122. The van der Waals surface area contributed by atoms with E-state index < -0.39 is 17.8 Å². The number of carbonyl (C=O) groups excluding carboxylic acids is 2. The monoisotopic (exact) mass is 315 g/mol. The summed E-state index contributed by atoms with van der Waals surface area (Å²) in [6.07, 6.45) is 2.09. The molecule has 114 valence electrons. The molecule has 21 heavy (non-hydrogen) atoms. The average molecular weight is 316 g/mol. The van der Waals surface area contributed by atoms with Gasteiger partial charge in [-0.15, -0.1) is 0 Å². The summed E-state index contributed by atoms with van der Waals surface area (Å²) in [5.74, 6) is -2.35. The van der Waals surface area contributed by atoms with Crippen molar-refractivity contribution in [3.63, 3.8) is 0 Å². The van der Waals surface area contributed by atoms with Crippen LogP contribution in [0, 0.1) is 12.7 Å². The van der Waals surface area contributed by atoms with E-state index in [2.05, 4.69) is 4.98 Å². The maximum absolute atomic E-state index is 13.3. The predicted octanol–water partition coefficient (Wildman–Crippen LogP) is 2.69. The molecule has 0 unspecified atom stereocenters. The van der Waals surface area contributed by atoms with Gasteiger partial charge in [-0.05, 0) is 32.4 Å². The fourth-order valence-corrected chi connectivity index (χ4v) is 1.62. The summed E-state index contributed by atoms with van der Waals surface area (Å²) in [6, 6.07) is 0. The van der Waals surface area contributed by atoms with Crippen LogP contribution in [0.15, 0.2) is 11.8 Å². The van der Waals surface area contributed by atoms with E-state index in [9.17, 15) is 14.0 Å². The molecule has 0 fully saturated rings. The van der Waals surface area contributed by atoms with Crippen LogP contribution in [0.3, 0.4) is 0 Å². The van der Waals surface area contributed by atoms with Gasteiger partial charge in [0.05, 0.1) is 30.1 Å². The molecule has 0 spiro atoms. The molecule has 0 atom stereocenters. The van der Waals surface area contributed by atoms with Crippen molar-refractivity contribution in [3.8, 4) is 0 Å². The molecule has 0 N–H and O–H groups in total. The summed E-state index contributed by atoms with van der Waals surface area (Å²) < 4.78 is 22.8. The van der Waals surface area contributed by atoms with Crippen LogP contribution in [0.1, 0.15) is 25.1 Å². The minimum Gasteiger partial charge on any atom is -0.462 e. The fourth-order valence-electron chi connectivity index (χ4n) is 1.47. The molecular weight excluding hydrogens is 301 g/mol. The fraction of sp³-hybridized carbons (Fsp3) is 0.357. The van der Waals surface area contributed by atoms with Gasteiger partial charge in [-0.2, -0.15) is 0 Å². The molecule has 0 radical (unpaired) electrons. The summed E-state index contributed by atoms with van der Waals surface area (Å²) in [6.45, 7) is 4.95. The van der Waals surface area contributed by atoms with Gasteiger partial charge in [0.25, 0.3) is 0 Å². The molecule has 0 aliphatic heterocycles.